The van der Waals surface area contributed by atoms with E-state index in [1.54, 1.807) is 19.1 Å². The highest BCUT2D eigenvalue weighted by atomic mass is 19.1. The molecule has 2 N–H and O–H groups in total. The molecule has 0 spiro atoms. The van der Waals surface area contributed by atoms with Crippen molar-refractivity contribution in [3.63, 3.8) is 0 Å². The maximum atomic E-state index is 14.2. The number of aryl methyl sites for hydroxylation is 1. The fourth-order valence-electron chi connectivity index (χ4n) is 3.27. The van der Waals surface area contributed by atoms with Crippen LogP contribution in [0, 0.1) is 12.7 Å². The third-order valence-electron chi connectivity index (χ3n) is 5.00. The summed E-state index contributed by atoms with van der Waals surface area (Å²) in [5.41, 5.74) is 0.978. The van der Waals surface area contributed by atoms with Gasteiger partial charge in [0.15, 0.2) is 5.96 Å². The highest BCUT2D eigenvalue weighted by Crippen LogP contribution is 2.48. The number of halogens is 1. The van der Waals surface area contributed by atoms with Crippen LogP contribution < -0.4 is 10.6 Å². The normalized spacial score (nSPS) is 15.2. The number of hydrogen-bond acceptors (Lipinski definition) is 4. The molecule has 1 heterocycles. The molecule has 3 rings (SSSR count). The molecular weight excluding hydrogens is 361 g/mol. The van der Waals surface area contributed by atoms with Crippen molar-refractivity contribution in [2.45, 2.75) is 38.6 Å². The number of aliphatic imine (C=N–C) groups is 1. The molecule has 0 unspecified atom stereocenters. The van der Waals surface area contributed by atoms with Gasteiger partial charge in [-0.05, 0) is 44.4 Å². The summed E-state index contributed by atoms with van der Waals surface area (Å²) >= 11 is 0. The monoisotopic (exact) mass is 387 g/mol. The number of benzene rings is 1. The largest absolute Gasteiger partial charge is 0.465 e. The molecule has 0 radical (unpaired) electrons. The van der Waals surface area contributed by atoms with Gasteiger partial charge in [-0.3, -0.25) is 0 Å². The minimum absolute atomic E-state index is 0.162. The number of carbonyl (C=O) groups excluding carboxylic acids is 1. The van der Waals surface area contributed by atoms with E-state index in [2.05, 4.69) is 15.6 Å². The fourth-order valence-corrected chi connectivity index (χ4v) is 3.27. The third-order valence-corrected chi connectivity index (χ3v) is 5.00. The number of methoxy groups -OCH3 is 1. The zero-order valence-electron chi connectivity index (χ0n) is 16.5. The van der Waals surface area contributed by atoms with Crippen LogP contribution in [0.5, 0.6) is 0 Å². The zero-order valence-corrected chi connectivity index (χ0v) is 16.5. The van der Waals surface area contributed by atoms with Gasteiger partial charge < -0.3 is 19.8 Å². The highest BCUT2D eigenvalue weighted by Gasteiger charge is 2.45. The average molecular weight is 387 g/mol. The zero-order chi connectivity index (χ0) is 20.1. The van der Waals surface area contributed by atoms with Crippen LogP contribution in [0.25, 0.3) is 0 Å². The van der Waals surface area contributed by atoms with Crippen molar-refractivity contribution in [1.82, 2.24) is 10.6 Å². The number of hydrogen-bond donors (Lipinski definition) is 2. The van der Waals surface area contributed by atoms with Gasteiger partial charge in [-0.25, -0.2) is 14.2 Å². The van der Waals surface area contributed by atoms with E-state index in [-0.39, 0.29) is 17.8 Å². The van der Waals surface area contributed by atoms with Gasteiger partial charge in [0.2, 0.25) is 0 Å². The molecule has 2 aromatic rings. The lowest BCUT2D eigenvalue weighted by Crippen LogP contribution is -2.41. The molecule has 1 saturated carbocycles. The molecule has 6 nitrogen and oxygen atoms in total. The second-order valence-corrected chi connectivity index (χ2v) is 6.98. The van der Waals surface area contributed by atoms with Gasteiger partial charge >= 0.3 is 5.97 Å². The Morgan fingerprint density at radius 2 is 2.07 bits per heavy atom. The molecule has 1 aliphatic rings. The molecule has 1 fully saturated rings. The molecule has 0 bridgehead atoms. The average Bonchev–Trinajstić information content (AvgIpc) is 3.39. The van der Waals surface area contributed by atoms with Crippen molar-refractivity contribution < 1.29 is 18.3 Å². The Morgan fingerprint density at radius 1 is 1.32 bits per heavy atom. The van der Waals surface area contributed by atoms with Crippen molar-refractivity contribution in [3.05, 3.63) is 58.8 Å². The molecule has 0 atom stereocenters. The molecule has 7 heteroatoms. The van der Waals surface area contributed by atoms with E-state index in [1.165, 1.54) is 13.2 Å². The highest BCUT2D eigenvalue weighted by molar-refractivity contribution is 5.90. The SMILES string of the molecule is CCNC(=NCc1cc(C(=O)OC)c(C)o1)NCC1(c2ccccc2F)CC1. The van der Waals surface area contributed by atoms with Crippen molar-refractivity contribution in [2.75, 3.05) is 20.2 Å². The summed E-state index contributed by atoms with van der Waals surface area (Å²) < 4.78 is 24.5. The number of esters is 1. The van der Waals surface area contributed by atoms with Gasteiger partial charge in [0.05, 0.1) is 7.11 Å². The maximum absolute atomic E-state index is 14.2. The van der Waals surface area contributed by atoms with E-state index < -0.39 is 5.97 Å². The lowest BCUT2D eigenvalue weighted by atomic mass is 9.95. The van der Waals surface area contributed by atoms with Crippen LogP contribution in [0.3, 0.4) is 0 Å². The van der Waals surface area contributed by atoms with Crippen LogP contribution in [0.2, 0.25) is 0 Å². The van der Waals surface area contributed by atoms with E-state index in [0.29, 0.717) is 36.1 Å². The second-order valence-electron chi connectivity index (χ2n) is 6.98. The molecule has 1 aromatic carbocycles. The van der Waals surface area contributed by atoms with Gasteiger partial charge in [0, 0.05) is 18.5 Å². The van der Waals surface area contributed by atoms with Crippen molar-refractivity contribution >= 4 is 11.9 Å². The van der Waals surface area contributed by atoms with Crippen LogP contribution in [0.4, 0.5) is 4.39 Å². The van der Waals surface area contributed by atoms with Crippen LogP contribution in [-0.2, 0) is 16.7 Å². The Morgan fingerprint density at radius 3 is 2.71 bits per heavy atom. The van der Waals surface area contributed by atoms with E-state index in [9.17, 15) is 9.18 Å². The van der Waals surface area contributed by atoms with Crippen molar-refractivity contribution in [1.29, 1.82) is 0 Å². The predicted octanol–water partition coefficient (Wildman–Crippen LogP) is 3.30. The van der Waals surface area contributed by atoms with Gasteiger partial charge in [0.25, 0.3) is 0 Å². The van der Waals surface area contributed by atoms with E-state index >= 15 is 0 Å². The maximum Gasteiger partial charge on any atom is 0.341 e. The van der Waals surface area contributed by atoms with Crippen molar-refractivity contribution in [3.8, 4) is 0 Å². The quantitative estimate of drug-likeness (QED) is 0.433. The first-order valence-corrected chi connectivity index (χ1v) is 9.44. The van der Waals surface area contributed by atoms with Gasteiger partial charge in [-0.2, -0.15) is 0 Å². The Kier molecular flexibility index (Phi) is 6.02. The molecule has 1 aromatic heterocycles. The minimum Gasteiger partial charge on any atom is -0.465 e. The number of nitrogens with zero attached hydrogens (tertiary/aromatic N) is 1. The Labute approximate surface area is 164 Å². The summed E-state index contributed by atoms with van der Waals surface area (Å²) in [6, 6.07) is 8.59. The number of rotatable bonds is 7. The van der Waals surface area contributed by atoms with Gasteiger partial charge in [-0.15, -0.1) is 0 Å². The first-order valence-electron chi connectivity index (χ1n) is 9.44. The molecule has 1 aliphatic carbocycles. The summed E-state index contributed by atoms with van der Waals surface area (Å²) in [6.07, 6.45) is 1.89. The number of nitrogens with one attached hydrogen (secondary N) is 2. The summed E-state index contributed by atoms with van der Waals surface area (Å²) in [7, 11) is 1.34. The first-order chi connectivity index (χ1) is 13.5. The third kappa shape index (κ3) is 4.35. The Hall–Kier alpha value is -2.83. The number of guanidine groups is 1. The summed E-state index contributed by atoms with van der Waals surface area (Å²) in [5.74, 6) is 1.11. The number of ether oxygens (including phenoxy) is 1. The van der Waals surface area contributed by atoms with E-state index in [1.807, 2.05) is 19.1 Å². The van der Waals surface area contributed by atoms with E-state index in [4.69, 9.17) is 9.15 Å². The summed E-state index contributed by atoms with van der Waals surface area (Å²) in [6.45, 7) is 5.27. The molecule has 150 valence electrons. The van der Waals surface area contributed by atoms with Crippen LogP contribution >= 0.6 is 0 Å². The predicted molar refractivity (Wildman–Crippen MR) is 105 cm³/mol. The standard InChI is InChI=1S/C21H26FN3O3/c1-4-23-20(24-12-15-11-16(14(2)28-15)19(26)27-3)25-13-21(9-10-21)17-7-5-6-8-18(17)22/h5-8,11H,4,9-10,12-13H2,1-3H3,(H2,23,24,25). The minimum atomic E-state index is -0.429. The molecular formula is C21H26FN3O3. The smallest absolute Gasteiger partial charge is 0.341 e. The topological polar surface area (TPSA) is 75.9 Å². The Bertz CT molecular complexity index is 872. The summed E-state index contributed by atoms with van der Waals surface area (Å²) in [4.78, 5) is 16.2. The van der Waals surface area contributed by atoms with E-state index in [0.717, 1.165) is 18.4 Å². The second kappa shape index (κ2) is 8.46. The Balaban J connectivity index is 1.67. The molecule has 0 amide bonds. The summed E-state index contributed by atoms with van der Waals surface area (Å²) in [5, 5.41) is 6.50. The lowest BCUT2D eigenvalue weighted by molar-refractivity contribution is 0.0599. The van der Waals surface area contributed by atoms with Gasteiger partial charge in [-0.1, -0.05) is 18.2 Å². The van der Waals surface area contributed by atoms with Gasteiger partial charge in [0.1, 0.15) is 29.4 Å². The number of carbonyl (C=O) groups is 1. The van der Waals surface area contributed by atoms with Crippen LogP contribution in [0.15, 0.2) is 39.7 Å². The van der Waals surface area contributed by atoms with Crippen LogP contribution in [-0.4, -0.2) is 32.1 Å². The molecule has 0 saturated heterocycles. The molecule has 28 heavy (non-hydrogen) atoms. The first kappa shape index (κ1) is 19.9. The lowest BCUT2D eigenvalue weighted by Gasteiger charge is -2.19. The fraction of sp³-hybridized carbons (Fsp3) is 0.429. The number of furan rings is 1. The van der Waals surface area contributed by atoms with Crippen molar-refractivity contribution in [2.24, 2.45) is 4.99 Å². The van der Waals surface area contributed by atoms with Crippen LogP contribution in [0.1, 0.15) is 47.2 Å². The molecule has 0 aliphatic heterocycles.